The highest BCUT2D eigenvalue weighted by atomic mass is 32.2. The molecule has 0 spiro atoms. The first-order valence-electron chi connectivity index (χ1n) is 6.82. The van der Waals surface area contributed by atoms with Gasteiger partial charge in [-0.05, 0) is 26.3 Å². The standard InChI is InChI=1S/C12H16N4O4S/c1-6-16(8(5-21-6)12(18)19)11(17)9-14-10(20-15-9)7-3-2-4-13-7/h6-8,13H,2-5H2,1H3,(H,18,19). The molecule has 2 aliphatic heterocycles. The molecule has 114 valence electrons. The zero-order valence-corrected chi connectivity index (χ0v) is 12.3. The molecule has 2 fully saturated rings. The Balaban J connectivity index is 1.79. The van der Waals surface area contributed by atoms with Crippen LogP contribution in [-0.4, -0.2) is 55.7 Å². The van der Waals surface area contributed by atoms with E-state index in [2.05, 4.69) is 15.5 Å². The van der Waals surface area contributed by atoms with Crippen molar-refractivity contribution in [2.24, 2.45) is 0 Å². The summed E-state index contributed by atoms with van der Waals surface area (Å²) in [6.07, 6.45) is 1.92. The average Bonchev–Trinajstić information content (AvgIpc) is 3.17. The normalized spacial score (nSPS) is 29.0. The number of aliphatic carboxylic acids is 1. The second kappa shape index (κ2) is 5.64. The van der Waals surface area contributed by atoms with Crippen molar-refractivity contribution in [3.8, 4) is 0 Å². The van der Waals surface area contributed by atoms with Gasteiger partial charge in [-0.2, -0.15) is 4.98 Å². The number of nitrogens with one attached hydrogen (secondary N) is 1. The summed E-state index contributed by atoms with van der Waals surface area (Å²) in [5.41, 5.74) is 0. The second-order valence-corrected chi connectivity index (χ2v) is 6.45. The Labute approximate surface area is 125 Å². The van der Waals surface area contributed by atoms with Gasteiger partial charge in [0.2, 0.25) is 5.89 Å². The predicted molar refractivity (Wildman–Crippen MR) is 73.8 cm³/mol. The third-order valence-electron chi connectivity index (χ3n) is 3.73. The predicted octanol–water partition coefficient (Wildman–Crippen LogP) is 0.482. The average molecular weight is 312 g/mol. The van der Waals surface area contributed by atoms with Crippen molar-refractivity contribution in [3.05, 3.63) is 11.7 Å². The Morgan fingerprint density at radius 2 is 2.33 bits per heavy atom. The van der Waals surface area contributed by atoms with Crippen LogP contribution in [-0.2, 0) is 4.79 Å². The Morgan fingerprint density at radius 3 is 3.00 bits per heavy atom. The summed E-state index contributed by atoms with van der Waals surface area (Å²) < 4.78 is 5.13. The largest absolute Gasteiger partial charge is 0.480 e. The van der Waals surface area contributed by atoms with Crippen LogP contribution in [0.15, 0.2) is 4.52 Å². The van der Waals surface area contributed by atoms with Gasteiger partial charge in [-0.1, -0.05) is 5.16 Å². The number of carboxylic acids is 1. The van der Waals surface area contributed by atoms with E-state index in [1.807, 2.05) is 0 Å². The van der Waals surface area contributed by atoms with Crippen molar-refractivity contribution in [2.45, 2.75) is 37.2 Å². The van der Waals surface area contributed by atoms with Crippen molar-refractivity contribution in [3.63, 3.8) is 0 Å². The van der Waals surface area contributed by atoms with Crippen LogP contribution in [0.2, 0.25) is 0 Å². The van der Waals surface area contributed by atoms with Crippen LogP contribution in [0.25, 0.3) is 0 Å². The summed E-state index contributed by atoms with van der Waals surface area (Å²) in [7, 11) is 0. The molecule has 0 radical (unpaired) electrons. The molecule has 2 aliphatic rings. The third-order valence-corrected chi connectivity index (χ3v) is 4.95. The van der Waals surface area contributed by atoms with E-state index in [9.17, 15) is 14.7 Å². The molecule has 1 aromatic heterocycles. The molecule has 9 heteroatoms. The summed E-state index contributed by atoms with van der Waals surface area (Å²) in [6, 6.07) is -0.858. The Morgan fingerprint density at radius 1 is 1.52 bits per heavy atom. The second-order valence-electron chi connectivity index (χ2n) is 5.10. The molecule has 1 amide bonds. The van der Waals surface area contributed by atoms with Crippen molar-refractivity contribution in [1.29, 1.82) is 0 Å². The van der Waals surface area contributed by atoms with Crippen molar-refractivity contribution in [1.82, 2.24) is 20.4 Å². The van der Waals surface area contributed by atoms with Crippen LogP contribution >= 0.6 is 11.8 Å². The first-order chi connectivity index (χ1) is 10.1. The first kappa shape index (κ1) is 14.3. The van der Waals surface area contributed by atoms with Crippen LogP contribution in [0.5, 0.6) is 0 Å². The molecule has 8 nitrogen and oxygen atoms in total. The van der Waals surface area contributed by atoms with Crippen LogP contribution in [0, 0.1) is 0 Å². The molecule has 21 heavy (non-hydrogen) atoms. The number of amides is 1. The number of thioether (sulfide) groups is 1. The van der Waals surface area contributed by atoms with Gasteiger partial charge in [0.1, 0.15) is 6.04 Å². The molecule has 3 atom stereocenters. The van der Waals surface area contributed by atoms with E-state index in [0.29, 0.717) is 11.6 Å². The van der Waals surface area contributed by atoms with Gasteiger partial charge in [-0.25, -0.2) is 4.79 Å². The number of hydrogen-bond donors (Lipinski definition) is 2. The lowest BCUT2D eigenvalue weighted by molar-refractivity contribution is -0.141. The summed E-state index contributed by atoms with van der Waals surface area (Å²) in [4.78, 5) is 29.1. The van der Waals surface area contributed by atoms with Gasteiger partial charge in [0, 0.05) is 5.75 Å². The van der Waals surface area contributed by atoms with E-state index in [-0.39, 0.29) is 17.2 Å². The maximum absolute atomic E-state index is 12.4. The van der Waals surface area contributed by atoms with E-state index in [1.54, 1.807) is 6.92 Å². The van der Waals surface area contributed by atoms with E-state index < -0.39 is 17.9 Å². The molecule has 3 rings (SSSR count). The van der Waals surface area contributed by atoms with Crippen LogP contribution in [0.4, 0.5) is 0 Å². The number of hydrogen-bond acceptors (Lipinski definition) is 7. The summed E-state index contributed by atoms with van der Waals surface area (Å²) in [5.74, 6) is -0.812. The zero-order chi connectivity index (χ0) is 15.0. The van der Waals surface area contributed by atoms with Gasteiger partial charge in [0.15, 0.2) is 0 Å². The highest BCUT2D eigenvalue weighted by Crippen LogP contribution is 2.30. The fourth-order valence-corrected chi connectivity index (χ4v) is 3.78. The molecule has 2 N–H and O–H groups in total. The third kappa shape index (κ3) is 2.62. The van der Waals surface area contributed by atoms with Gasteiger partial charge < -0.3 is 19.8 Å². The molecule has 1 aromatic rings. The topological polar surface area (TPSA) is 109 Å². The maximum Gasteiger partial charge on any atom is 0.327 e. The number of aromatic nitrogens is 2. The molecule has 0 aliphatic carbocycles. The Bertz CT molecular complexity index is 557. The fourth-order valence-electron chi connectivity index (χ4n) is 2.62. The van der Waals surface area contributed by atoms with Gasteiger partial charge >= 0.3 is 5.97 Å². The van der Waals surface area contributed by atoms with E-state index in [0.717, 1.165) is 19.4 Å². The highest BCUT2D eigenvalue weighted by Gasteiger charge is 2.41. The number of nitrogens with zero attached hydrogens (tertiary/aromatic N) is 3. The highest BCUT2D eigenvalue weighted by molar-refractivity contribution is 8.00. The summed E-state index contributed by atoms with van der Waals surface area (Å²) in [5, 5.41) is 15.9. The maximum atomic E-state index is 12.4. The smallest absolute Gasteiger partial charge is 0.327 e. The number of rotatable bonds is 3. The van der Waals surface area contributed by atoms with Gasteiger partial charge in [-0.15, -0.1) is 11.8 Å². The van der Waals surface area contributed by atoms with Gasteiger partial charge in [-0.3, -0.25) is 4.79 Å². The van der Waals surface area contributed by atoms with Gasteiger partial charge in [0.05, 0.1) is 11.4 Å². The number of carboxylic acid groups (broad SMARTS) is 1. The van der Waals surface area contributed by atoms with Gasteiger partial charge in [0.25, 0.3) is 11.7 Å². The molecule has 0 aromatic carbocycles. The lowest BCUT2D eigenvalue weighted by atomic mass is 10.2. The summed E-state index contributed by atoms with van der Waals surface area (Å²) in [6.45, 7) is 2.68. The lowest BCUT2D eigenvalue weighted by Crippen LogP contribution is -2.45. The Kier molecular flexibility index (Phi) is 3.85. The van der Waals surface area contributed by atoms with Crippen LogP contribution in [0.3, 0.4) is 0 Å². The SMILES string of the molecule is CC1SCC(C(=O)O)N1C(=O)c1noc(C2CCCN2)n1. The lowest BCUT2D eigenvalue weighted by Gasteiger charge is -2.23. The summed E-state index contributed by atoms with van der Waals surface area (Å²) >= 11 is 1.42. The Hall–Kier alpha value is -1.61. The fraction of sp³-hybridized carbons (Fsp3) is 0.667. The first-order valence-corrected chi connectivity index (χ1v) is 7.87. The molecule has 3 unspecified atom stereocenters. The molecular formula is C12H16N4O4S. The molecule has 2 saturated heterocycles. The van der Waals surface area contributed by atoms with Crippen LogP contribution in [0.1, 0.15) is 42.3 Å². The minimum absolute atomic E-state index is 0.0142. The quantitative estimate of drug-likeness (QED) is 0.829. The molecular weight excluding hydrogens is 296 g/mol. The monoisotopic (exact) mass is 312 g/mol. The molecule has 0 saturated carbocycles. The van der Waals surface area contributed by atoms with Crippen molar-refractivity contribution in [2.75, 3.05) is 12.3 Å². The minimum Gasteiger partial charge on any atom is -0.480 e. The van der Waals surface area contributed by atoms with E-state index in [4.69, 9.17) is 4.52 Å². The van der Waals surface area contributed by atoms with E-state index >= 15 is 0 Å². The molecule has 3 heterocycles. The minimum atomic E-state index is -1.01. The number of carbonyl (C=O) groups is 2. The molecule has 0 bridgehead atoms. The zero-order valence-electron chi connectivity index (χ0n) is 11.5. The number of carbonyl (C=O) groups excluding carboxylic acids is 1. The van der Waals surface area contributed by atoms with E-state index in [1.165, 1.54) is 16.7 Å². The van der Waals surface area contributed by atoms with Crippen molar-refractivity contribution < 1.29 is 19.2 Å². The van der Waals surface area contributed by atoms with Crippen molar-refractivity contribution >= 4 is 23.6 Å². The van der Waals surface area contributed by atoms with Crippen LogP contribution < -0.4 is 5.32 Å².